The first-order chi connectivity index (χ1) is 11.9. The van der Waals surface area contributed by atoms with Crippen LogP contribution in [-0.4, -0.2) is 15.0 Å². The van der Waals surface area contributed by atoms with Gasteiger partial charge in [-0.05, 0) is 25.5 Å². The van der Waals surface area contributed by atoms with E-state index in [1.165, 1.54) is 11.3 Å². The number of rotatable bonds is 5. The van der Waals surface area contributed by atoms with Crippen molar-refractivity contribution in [3.63, 3.8) is 0 Å². The Kier molecular flexibility index (Phi) is 5.64. The van der Waals surface area contributed by atoms with E-state index < -0.39 is 5.50 Å². The van der Waals surface area contributed by atoms with E-state index in [0.717, 1.165) is 16.1 Å². The number of para-hydroxylation sites is 1. The van der Waals surface area contributed by atoms with Gasteiger partial charge in [-0.1, -0.05) is 58.3 Å². The van der Waals surface area contributed by atoms with E-state index >= 15 is 0 Å². The smallest absolute Gasteiger partial charge is 0.188 e. The molecule has 2 aromatic heterocycles. The minimum atomic E-state index is -0.456. The number of hydrogen-bond donors (Lipinski definition) is 2. The maximum atomic E-state index is 6.48. The van der Waals surface area contributed by atoms with Gasteiger partial charge >= 0.3 is 0 Å². The number of nitrogens with zero attached hydrogens (tertiary/aromatic N) is 3. The Hall–Kier alpha value is -1.60. The Morgan fingerprint density at radius 3 is 2.68 bits per heavy atom. The highest BCUT2D eigenvalue weighted by Crippen LogP contribution is 2.34. The van der Waals surface area contributed by atoms with Crippen molar-refractivity contribution in [2.45, 2.75) is 19.3 Å². The summed E-state index contributed by atoms with van der Waals surface area (Å²) in [4.78, 5) is 13.5. The number of thiazole rings is 1. The average Bonchev–Trinajstić information content (AvgIpc) is 2.98. The van der Waals surface area contributed by atoms with Crippen LogP contribution in [0.25, 0.3) is 0 Å². The van der Waals surface area contributed by atoms with Gasteiger partial charge in [-0.2, -0.15) is 0 Å². The first-order valence-electron chi connectivity index (χ1n) is 7.32. The Labute approximate surface area is 164 Å². The predicted octanol–water partition coefficient (Wildman–Crippen LogP) is 5.95. The Balaban J connectivity index is 1.74. The lowest BCUT2D eigenvalue weighted by Gasteiger charge is -2.15. The van der Waals surface area contributed by atoms with Crippen molar-refractivity contribution in [1.82, 2.24) is 15.0 Å². The molecule has 0 aliphatic carbocycles. The van der Waals surface area contributed by atoms with E-state index in [4.69, 9.17) is 34.8 Å². The van der Waals surface area contributed by atoms with E-state index in [9.17, 15) is 0 Å². The van der Waals surface area contributed by atoms with Crippen LogP contribution in [0, 0.1) is 13.8 Å². The lowest BCUT2D eigenvalue weighted by Crippen LogP contribution is -2.04. The highest BCUT2D eigenvalue weighted by atomic mass is 35.5. The van der Waals surface area contributed by atoms with Crippen LogP contribution in [0.4, 0.5) is 16.6 Å². The van der Waals surface area contributed by atoms with Gasteiger partial charge in [-0.15, -0.1) is 0 Å². The van der Waals surface area contributed by atoms with Crippen molar-refractivity contribution in [3.05, 3.63) is 56.9 Å². The number of aromatic nitrogens is 3. The Bertz CT molecular complexity index is 859. The van der Waals surface area contributed by atoms with Crippen LogP contribution in [0.5, 0.6) is 0 Å². The van der Waals surface area contributed by atoms with E-state index in [0.29, 0.717) is 26.9 Å². The topological polar surface area (TPSA) is 62.7 Å². The molecule has 0 saturated heterocycles. The zero-order chi connectivity index (χ0) is 18.0. The van der Waals surface area contributed by atoms with E-state index in [-0.39, 0.29) is 0 Å². The molecule has 0 aliphatic heterocycles. The number of benzene rings is 1. The number of alkyl halides is 1. The number of nitrogens with one attached hydrogen (secondary N) is 2. The minimum Gasteiger partial charge on any atom is -0.363 e. The Morgan fingerprint density at radius 2 is 1.96 bits per heavy atom. The number of hydrogen-bond acceptors (Lipinski definition) is 6. The summed E-state index contributed by atoms with van der Waals surface area (Å²) in [6.07, 6.45) is 1.71. The average molecular weight is 415 g/mol. The number of halogens is 3. The standard InChI is InChI=1S/C16H14Cl3N5S/c1-8-4-3-5-10(17)14(8)24-15(19)11-7-20-16(25-11)23-13-6-12(18)21-9(2)22-13/h3-7,15,24H,1-2H3,(H,20,21,22,23). The molecule has 3 rings (SSSR count). The van der Waals surface area contributed by atoms with Gasteiger partial charge in [0.1, 0.15) is 22.3 Å². The fourth-order valence-corrected chi connectivity index (χ4v) is 3.73. The van der Waals surface area contributed by atoms with Gasteiger partial charge in [0, 0.05) is 12.3 Å². The van der Waals surface area contributed by atoms with Crippen LogP contribution in [0.1, 0.15) is 21.8 Å². The third-order valence-electron chi connectivity index (χ3n) is 3.31. The summed E-state index contributed by atoms with van der Waals surface area (Å²) in [6, 6.07) is 7.33. The van der Waals surface area contributed by atoms with Gasteiger partial charge in [0.15, 0.2) is 5.13 Å². The van der Waals surface area contributed by atoms with Crippen molar-refractivity contribution < 1.29 is 0 Å². The molecular weight excluding hydrogens is 401 g/mol. The van der Waals surface area contributed by atoms with Gasteiger partial charge in [0.25, 0.3) is 0 Å². The van der Waals surface area contributed by atoms with Crippen LogP contribution in [0.15, 0.2) is 30.5 Å². The lowest BCUT2D eigenvalue weighted by molar-refractivity contribution is 1.06. The lowest BCUT2D eigenvalue weighted by atomic mass is 10.2. The molecule has 0 amide bonds. The largest absolute Gasteiger partial charge is 0.363 e. The van der Waals surface area contributed by atoms with Crippen molar-refractivity contribution in [1.29, 1.82) is 0 Å². The molecule has 0 saturated carbocycles. The number of aryl methyl sites for hydroxylation is 2. The van der Waals surface area contributed by atoms with Crippen LogP contribution >= 0.6 is 46.1 Å². The molecule has 3 aromatic rings. The van der Waals surface area contributed by atoms with Crippen LogP contribution < -0.4 is 10.6 Å². The summed E-state index contributed by atoms with van der Waals surface area (Å²) in [6.45, 7) is 3.74. The molecule has 1 aromatic carbocycles. The van der Waals surface area contributed by atoms with Crippen molar-refractivity contribution in [2.24, 2.45) is 0 Å². The summed E-state index contributed by atoms with van der Waals surface area (Å²) in [5.41, 5.74) is 1.37. The molecule has 2 N–H and O–H groups in total. The molecule has 0 aliphatic rings. The van der Waals surface area contributed by atoms with Gasteiger partial charge in [0.05, 0.1) is 15.6 Å². The zero-order valence-corrected chi connectivity index (χ0v) is 16.4. The zero-order valence-electron chi connectivity index (χ0n) is 13.3. The summed E-state index contributed by atoms with van der Waals surface area (Å²) in [7, 11) is 0. The second-order valence-electron chi connectivity index (χ2n) is 5.25. The molecule has 1 atom stereocenters. The van der Waals surface area contributed by atoms with Gasteiger partial charge in [-0.3, -0.25) is 0 Å². The van der Waals surface area contributed by atoms with Gasteiger partial charge in [0.2, 0.25) is 0 Å². The van der Waals surface area contributed by atoms with Gasteiger partial charge < -0.3 is 10.6 Å². The van der Waals surface area contributed by atoms with Gasteiger partial charge in [-0.25, -0.2) is 15.0 Å². The van der Waals surface area contributed by atoms with Crippen LogP contribution in [-0.2, 0) is 0 Å². The first-order valence-corrected chi connectivity index (χ1v) is 9.33. The molecule has 5 nitrogen and oxygen atoms in total. The fourth-order valence-electron chi connectivity index (χ4n) is 2.18. The van der Waals surface area contributed by atoms with Crippen molar-refractivity contribution in [2.75, 3.05) is 10.6 Å². The molecule has 0 radical (unpaired) electrons. The molecule has 25 heavy (non-hydrogen) atoms. The summed E-state index contributed by atoms with van der Waals surface area (Å²) in [5, 5.41) is 7.98. The monoisotopic (exact) mass is 413 g/mol. The van der Waals surface area contributed by atoms with E-state index in [1.807, 2.05) is 25.1 Å². The second kappa shape index (κ2) is 7.74. The highest BCUT2D eigenvalue weighted by Gasteiger charge is 2.15. The van der Waals surface area contributed by atoms with Crippen molar-refractivity contribution >= 4 is 62.8 Å². The van der Waals surface area contributed by atoms with E-state index in [2.05, 4.69) is 25.6 Å². The quantitative estimate of drug-likeness (QED) is 0.307. The molecular formula is C16H14Cl3N5S. The first kappa shape index (κ1) is 18.2. The molecule has 0 fully saturated rings. The van der Waals surface area contributed by atoms with Crippen molar-refractivity contribution in [3.8, 4) is 0 Å². The predicted molar refractivity (Wildman–Crippen MR) is 106 cm³/mol. The normalized spacial score (nSPS) is 12.0. The summed E-state index contributed by atoms with van der Waals surface area (Å²) < 4.78 is 0. The third-order valence-corrected chi connectivity index (χ3v) is 5.27. The molecule has 2 heterocycles. The summed E-state index contributed by atoms with van der Waals surface area (Å²) in [5.74, 6) is 1.16. The Morgan fingerprint density at radius 1 is 1.16 bits per heavy atom. The maximum absolute atomic E-state index is 6.48. The maximum Gasteiger partial charge on any atom is 0.188 e. The van der Waals surface area contributed by atoms with Crippen LogP contribution in [0.3, 0.4) is 0 Å². The molecule has 0 spiro atoms. The molecule has 130 valence electrons. The van der Waals surface area contributed by atoms with E-state index in [1.54, 1.807) is 19.2 Å². The molecule has 0 bridgehead atoms. The number of anilines is 3. The summed E-state index contributed by atoms with van der Waals surface area (Å²) >= 11 is 20.1. The SMILES string of the molecule is Cc1nc(Cl)cc(Nc2ncc(C(Cl)Nc3c(C)cccc3Cl)s2)n1. The third kappa shape index (κ3) is 4.52. The molecule has 1 unspecified atom stereocenters. The second-order valence-corrected chi connectivity index (χ2v) is 7.55. The highest BCUT2D eigenvalue weighted by molar-refractivity contribution is 7.16. The minimum absolute atomic E-state index is 0.373. The fraction of sp³-hybridized carbons (Fsp3) is 0.188. The molecule has 9 heteroatoms. The van der Waals surface area contributed by atoms with Crippen LogP contribution in [0.2, 0.25) is 10.2 Å².